The number of nitrogens with two attached hydrogens (primary N) is 1. The predicted molar refractivity (Wildman–Crippen MR) is 56.1 cm³/mol. The van der Waals surface area contributed by atoms with Gasteiger partial charge in [-0.15, -0.1) is 0 Å². The minimum Gasteiger partial charge on any atom is -0.382 e. The van der Waals surface area contributed by atoms with Crippen molar-refractivity contribution < 1.29 is 0 Å². The lowest BCUT2D eigenvalue weighted by atomic mass is 9.93. The third-order valence-electron chi connectivity index (χ3n) is 2.25. The van der Waals surface area contributed by atoms with Gasteiger partial charge in [0.2, 0.25) is 0 Å². The fraction of sp³-hybridized carbons (Fsp3) is 0.400. The van der Waals surface area contributed by atoms with E-state index >= 15 is 0 Å². The maximum absolute atomic E-state index is 5.74. The van der Waals surface area contributed by atoms with Gasteiger partial charge in [0.25, 0.3) is 0 Å². The van der Waals surface area contributed by atoms with Gasteiger partial charge in [-0.3, -0.25) is 0 Å². The summed E-state index contributed by atoms with van der Waals surface area (Å²) in [6.07, 6.45) is 1.48. The molecule has 2 aromatic rings. The van der Waals surface area contributed by atoms with E-state index in [9.17, 15) is 0 Å². The molecule has 0 saturated heterocycles. The van der Waals surface area contributed by atoms with Crippen LogP contribution in [0.15, 0.2) is 18.5 Å². The molecule has 2 rings (SSSR count). The van der Waals surface area contributed by atoms with Crippen LogP contribution in [-0.2, 0) is 5.41 Å². The fourth-order valence-electron chi connectivity index (χ4n) is 1.52. The number of hydrogen-bond acceptors (Lipinski definition) is 3. The van der Waals surface area contributed by atoms with Crippen molar-refractivity contribution in [2.45, 2.75) is 26.2 Å². The van der Waals surface area contributed by atoms with Crippen LogP contribution < -0.4 is 5.73 Å². The minimum atomic E-state index is 0.0627. The van der Waals surface area contributed by atoms with E-state index in [1.165, 1.54) is 6.33 Å². The average Bonchev–Trinajstić information content (AvgIpc) is 2.47. The van der Waals surface area contributed by atoms with Crippen molar-refractivity contribution >= 4 is 11.3 Å². The molecule has 0 radical (unpaired) electrons. The first-order chi connectivity index (χ1) is 6.50. The molecule has 0 aliphatic rings. The molecule has 0 aliphatic heterocycles. The molecule has 0 spiro atoms. The zero-order chi connectivity index (χ0) is 10.3. The highest BCUT2D eigenvalue weighted by Gasteiger charge is 2.18. The van der Waals surface area contributed by atoms with Gasteiger partial charge in [0.05, 0.1) is 0 Å². The number of nitrogens with zero attached hydrogens (tertiary/aromatic N) is 3. The van der Waals surface area contributed by atoms with Crippen LogP contribution >= 0.6 is 0 Å². The van der Waals surface area contributed by atoms with Gasteiger partial charge in [-0.1, -0.05) is 20.8 Å². The summed E-state index contributed by atoms with van der Waals surface area (Å²) in [6.45, 7) is 6.44. The average molecular weight is 190 g/mol. The van der Waals surface area contributed by atoms with Crippen LogP contribution in [0.2, 0.25) is 0 Å². The van der Waals surface area contributed by atoms with Gasteiger partial charge in [0.1, 0.15) is 11.8 Å². The van der Waals surface area contributed by atoms with Crippen LogP contribution in [-0.4, -0.2) is 14.6 Å². The lowest BCUT2D eigenvalue weighted by Gasteiger charge is -2.17. The molecule has 2 N–H and O–H groups in total. The Hall–Kier alpha value is -1.58. The number of aromatic nitrogens is 3. The Labute approximate surface area is 82.8 Å². The topological polar surface area (TPSA) is 56.2 Å². The van der Waals surface area contributed by atoms with Gasteiger partial charge in [-0.2, -0.15) is 5.10 Å². The first-order valence-electron chi connectivity index (χ1n) is 4.59. The van der Waals surface area contributed by atoms with Gasteiger partial charge in [-0.25, -0.2) is 9.50 Å². The molecule has 0 atom stereocenters. The molecule has 0 saturated carbocycles. The Morgan fingerprint density at radius 3 is 2.64 bits per heavy atom. The molecular weight excluding hydrogens is 176 g/mol. The van der Waals surface area contributed by atoms with Gasteiger partial charge in [-0.05, 0) is 12.1 Å². The van der Waals surface area contributed by atoms with Crippen molar-refractivity contribution in [3.63, 3.8) is 0 Å². The number of nitrogen functional groups attached to an aromatic ring is 1. The molecule has 0 amide bonds. The van der Waals surface area contributed by atoms with E-state index in [4.69, 9.17) is 5.73 Å². The van der Waals surface area contributed by atoms with E-state index in [0.717, 1.165) is 11.2 Å². The van der Waals surface area contributed by atoms with E-state index < -0.39 is 0 Å². The van der Waals surface area contributed by atoms with Crippen LogP contribution in [0.4, 0.5) is 5.82 Å². The molecule has 2 heterocycles. The maximum Gasteiger partial charge on any atom is 0.151 e. The minimum absolute atomic E-state index is 0.0627. The SMILES string of the molecule is CC(C)(C)c1ccc2c(N)ncnn12. The molecule has 0 aliphatic carbocycles. The molecule has 0 aromatic carbocycles. The lowest BCUT2D eigenvalue weighted by molar-refractivity contribution is 0.550. The van der Waals surface area contributed by atoms with E-state index in [1.54, 1.807) is 0 Å². The molecule has 0 bridgehead atoms. The molecule has 0 fully saturated rings. The van der Waals surface area contributed by atoms with E-state index in [1.807, 2.05) is 16.6 Å². The van der Waals surface area contributed by atoms with Crippen LogP contribution in [0.3, 0.4) is 0 Å². The predicted octanol–water partition coefficient (Wildman–Crippen LogP) is 1.61. The van der Waals surface area contributed by atoms with Gasteiger partial charge < -0.3 is 5.73 Å². The van der Waals surface area contributed by atoms with Gasteiger partial charge in [0, 0.05) is 11.1 Å². The van der Waals surface area contributed by atoms with Gasteiger partial charge in [0.15, 0.2) is 5.82 Å². The third kappa shape index (κ3) is 1.23. The zero-order valence-corrected chi connectivity index (χ0v) is 8.65. The molecule has 0 unspecified atom stereocenters. The van der Waals surface area contributed by atoms with Crippen LogP contribution in [0, 0.1) is 0 Å². The lowest BCUT2D eigenvalue weighted by Crippen LogP contribution is -2.15. The number of fused-ring (bicyclic) bond motifs is 1. The van der Waals surface area contributed by atoms with E-state index in [0.29, 0.717) is 5.82 Å². The number of hydrogen-bond donors (Lipinski definition) is 1. The second-order valence-electron chi connectivity index (χ2n) is 4.41. The Balaban J connectivity index is 2.76. The van der Waals surface area contributed by atoms with Crippen molar-refractivity contribution in [2.24, 2.45) is 0 Å². The van der Waals surface area contributed by atoms with Crippen molar-refractivity contribution in [3.05, 3.63) is 24.2 Å². The summed E-state index contributed by atoms with van der Waals surface area (Å²) < 4.78 is 1.85. The molecule has 4 nitrogen and oxygen atoms in total. The normalized spacial score (nSPS) is 12.2. The Bertz CT molecular complexity index is 464. The molecular formula is C10H14N4. The van der Waals surface area contributed by atoms with Crippen molar-refractivity contribution in [1.29, 1.82) is 0 Å². The fourth-order valence-corrected chi connectivity index (χ4v) is 1.52. The highest BCUT2D eigenvalue weighted by molar-refractivity contribution is 5.65. The van der Waals surface area contributed by atoms with Crippen LogP contribution in [0.1, 0.15) is 26.5 Å². The number of anilines is 1. The monoisotopic (exact) mass is 190 g/mol. The number of rotatable bonds is 0. The van der Waals surface area contributed by atoms with Gasteiger partial charge >= 0.3 is 0 Å². The maximum atomic E-state index is 5.74. The highest BCUT2D eigenvalue weighted by atomic mass is 15.3. The smallest absolute Gasteiger partial charge is 0.151 e. The highest BCUT2D eigenvalue weighted by Crippen LogP contribution is 2.24. The summed E-state index contributed by atoms with van der Waals surface area (Å²) >= 11 is 0. The Kier molecular flexibility index (Phi) is 1.74. The largest absolute Gasteiger partial charge is 0.382 e. The van der Waals surface area contributed by atoms with Crippen molar-refractivity contribution in [3.8, 4) is 0 Å². The first kappa shape index (κ1) is 8.99. The molecule has 74 valence electrons. The van der Waals surface area contributed by atoms with E-state index in [2.05, 4.69) is 30.9 Å². The Morgan fingerprint density at radius 2 is 2.00 bits per heavy atom. The Morgan fingerprint density at radius 1 is 1.29 bits per heavy atom. The molecule has 2 aromatic heterocycles. The third-order valence-corrected chi connectivity index (χ3v) is 2.25. The summed E-state index contributed by atoms with van der Waals surface area (Å²) in [5, 5.41) is 4.19. The quantitative estimate of drug-likeness (QED) is 0.686. The van der Waals surface area contributed by atoms with Crippen molar-refractivity contribution in [2.75, 3.05) is 5.73 Å². The van der Waals surface area contributed by atoms with Crippen LogP contribution in [0.5, 0.6) is 0 Å². The summed E-state index contributed by atoms with van der Waals surface area (Å²) in [5.74, 6) is 0.524. The zero-order valence-electron chi connectivity index (χ0n) is 8.65. The second-order valence-corrected chi connectivity index (χ2v) is 4.41. The van der Waals surface area contributed by atoms with E-state index in [-0.39, 0.29) is 5.41 Å². The molecule has 14 heavy (non-hydrogen) atoms. The summed E-state index contributed by atoms with van der Waals surface area (Å²) in [6, 6.07) is 4.00. The first-order valence-corrected chi connectivity index (χ1v) is 4.59. The van der Waals surface area contributed by atoms with Crippen LogP contribution in [0.25, 0.3) is 5.52 Å². The standard InChI is InChI=1S/C10H14N4/c1-10(2,3)8-5-4-7-9(11)12-6-13-14(7)8/h4-6H,1-3H3,(H2,11,12,13). The summed E-state index contributed by atoms with van der Waals surface area (Å²) in [5.41, 5.74) is 7.82. The second kappa shape index (κ2) is 2.70. The van der Waals surface area contributed by atoms with Crippen molar-refractivity contribution in [1.82, 2.24) is 14.6 Å². The molecule has 4 heteroatoms. The summed E-state index contributed by atoms with van der Waals surface area (Å²) in [7, 11) is 0. The summed E-state index contributed by atoms with van der Waals surface area (Å²) in [4.78, 5) is 3.95.